The maximum atomic E-state index is 10.1. The number of hydrogen-bond donors (Lipinski definition) is 1. The third-order valence-electron chi connectivity index (χ3n) is 4.97. The van der Waals surface area contributed by atoms with Crippen LogP contribution in [0, 0.1) is 13.8 Å². The Kier molecular flexibility index (Phi) is 6.08. The molecule has 0 bridgehead atoms. The van der Waals surface area contributed by atoms with E-state index < -0.39 is 0 Å². The Hall–Kier alpha value is -2.44. The van der Waals surface area contributed by atoms with Gasteiger partial charge in [0.1, 0.15) is 11.3 Å². The van der Waals surface area contributed by atoms with E-state index in [1.807, 2.05) is 28.9 Å². The fourth-order valence-corrected chi connectivity index (χ4v) is 3.42. The van der Waals surface area contributed by atoms with Gasteiger partial charge in [-0.15, -0.1) is 0 Å². The number of phenolic OH excluding ortho intramolecular Hbond substituents is 1. The molecule has 3 aromatic rings. The lowest BCUT2D eigenvalue weighted by Gasteiger charge is -2.22. The Morgan fingerprint density at radius 2 is 1.96 bits per heavy atom. The lowest BCUT2D eigenvalue weighted by atomic mass is 10.1. The van der Waals surface area contributed by atoms with E-state index in [9.17, 15) is 5.11 Å². The maximum absolute atomic E-state index is 10.1. The van der Waals surface area contributed by atoms with E-state index in [0.29, 0.717) is 18.7 Å². The molecule has 27 heavy (non-hydrogen) atoms. The number of aromatic hydroxyl groups is 1. The van der Waals surface area contributed by atoms with Gasteiger partial charge in [-0.05, 0) is 32.9 Å². The molecule has 1 aromatic carbocycles. The van der Waals surface area contributed by atoms with Gasteiger partial charge in [0.05, 0.1) is 18.0 Å². The van der Waals surface area contributed by atoms with Crippen LogP contribution in [-0.4, -0.2) is 45.0 Å². The third kappa shape index (κ3) is 4.28. The second-order valence-electron chi connectivity index (χ2n) is 6.82. The van der Waals surface area contributed by atoms with Gasteiger partial charge in [0, 0.05) is 49.9 Å². The Morgan fingerprint density at radius 1 is 1.15 bits per heavy atom. The van der Waals surface area contributed by atoms with Crippen molar-refractivity contribution in [3.05, 3.63) is 53.0 Å². The molecule has 0 fully saturated rings. The molecule has 6 nitrogen and oxygen atoms in total. The van der Waals surface area contributed by atoms with Crippen LogP contribution in [0.25, 0.3) is 10.9 Å². The highest BCUT2D eigenvalue weighted by atomic mass is 16.5. The molecule has 0 aliphatic heterocycles. The molecular formula is C21H28N4O2. The SMILES string of the molecule is CCn1nc(C)c(CN(CCOC)Cc2ccc3cccc(O)c3n2)c1C. The summed E-state index contributed by atoms with van der Waals surface area (Å²) < 4.78 is 7.35. The van der Waals surface area contributed by atoms with Gasteiger partial charge in [-0.1, -0.05) is 18.2 Å². The zero-order valence-corrected chi connectivity index (χ0v) is 16.6. The van der Waals surface area contributed by atoms with E-state index in [2.05, 4.69) is 35.8 Å². The number of nitrogens with zero attached hydrogens (tertiary/aromatic N) is 4. The number of para-hydroxylation sites is 1. The normalized spacial score (nSPS) is 11.6. The lowest BCUT2D eigenvalue weighted by molar-refractivity contribution is 0.139. The smallest absolute Gasteiger partial charge is 0.141 e. The number of benzene rings is 1. The molecule has 0 aliphatic carbocycles. The van der Waals surface area contributed by atoms with E-state index in [0.717, 1.165) is 36.4 Å². The van der Waals surface area contributed by atoms with Crippen LogP contribution < -0.4 is 0 Å². The van der Waals surface area contributed by atoms with Crippen LogP contribution in [0.1, 0.15) is 29.6 Å². The molecule has 1 N–H and O–H groups in total. The van der Waals surface area contributed by atoms with Crippen LogP contribution in [0.15, 0.2) is 30.3 Å². The Labute approximate surface area is 160 Å². The van der Waals surface area contributed by atoms with E-state index in [1.54, 1.807) is 13.2 Å². The van der Waals surface area contributed by atoms with Crippen molar-refractivity contribution in [2.45, 2.75) is 40.4 Å². The maximum Gasteiger partial charge on any atom is 0.141 e. The summed E-state index contributed by atoms with van der Waals surface area (Å²) in [6, 6.07) is 9.50. The fraction of sp³-hybridized carbons (Fsp3) is 0.429. The van der Waals surface area contributed by atoms with Crippen LogP contribution >= 0.6 is 0 Å². The zero-order chi connectivity index (χ0) is 19.4. The highest BCUT2D eigenvalue weighted by molar-refractivity contribution is 5.84. The molecule has 0 saturated carbocycles. The number of aromatic nitrogens is 3. The van der Waals surface area contributed by atoms with Crippen molar-refractivity contribution >= 4 is 10.9 Å². The second kappa shape index (κ2) is 8.50. The summed E-state index contributed by atoms with van der Waals surface area (Å²) >= 11 is 0. The van der Waals surface area contributed by atoms with Crippen LogP contribution in [0.2, 0.25) is 0 Å². The predicted molar refractivity (Wildman–Crippen MR) is 107 cm³/mol. The largest absolute Gasteiger partial charge is 0.506 e. The molecule has 0 radical (unpaired) electrons. The molecule has 144 valence electrons. The van der Waals surface area contributed by atoms with Crippen molar-refractivity contribution in [2.24, 2.45) is 0 Å². The first-order valence-electron chi connectivity index (χ1n) is 9.35. The van der Waals surface area contributed by atoms with E-state index >= 15 is 0 Å². The van der Waals surface area contributed by atoms with E-state index in [4.69, 9.17) is 4.74 Å². The van der Waals surface area contributed by atoms with Crippen LogP contribution in [0.3, 0.4) is 0 Å². The van der Waals surface area contributed by atoms with Crippen molar-refractivity contribution in [1.82, 2.24) is 19.7 Å². The average molecular weight is 368 g/mol. The van der Waals surface area contributed by atoms with Gasteiger partial charge >= 0.3 is 0 Å². The monoisotopic (exact) mass is 368 g/mol. The lowest BCUT2D eigenvalue weighted by Crippen LogP contribution is -2.27. The van der Waals surface area contributed by atoms with Crippen molar-refractivity contribution in [3.63, 3.8) is 0 Å². The minimum absolute atomic E-state index is 0.216. The number of methoxy groups -OCH3 is 1. The van der Waals surface area contributed by atoms with Gasteiger partial charge < -0.3 is 9.84 Å². The Morgan fingerprint density at radius 3 is 2.67 bits per heavy atom. The topological polar surface area (TPSA) is 63.4 Å². The van der Waals surface area contributed by atoms with Crippen LogP contribution in [-0.2, 0) is 24.4 Å². The first-order chi connectivity index (χ1) is 13.0. The van der Waals surface area contributed by atoms with Crippen molar-refractivity contribution in [3.8, 4) is 5.75 Å². The summed E-state index contributed by atoms with van der Waals surface area (Å²) in [5.74, 6) is 0.216. The molecule has 0 saturated heterocycles. The van der Waals surface area contributed by atoms with Gasteiger partial charge in [0.15, 0.2) is 0 Å². The summed E-state index contributed by atoms with van der Waals surface area (Å²) in [5, 5.41) is 15.7. The number of pyridine rings is 1. The Balaban J connectivity index is 1.85. The average Bonchev–Trinajstić information content (AvgIpc) is 2.94. The minimum atomic E-state index is 0.216. The predicted octanol–water partition coefficient (Wildman–Crippen LogP) is 3.42. The third-order valence-corrected chi connectivity index (χ3v) is 4.97. The van der Waals surface area contributed by atoms with Crippen molar-refractivity contribution in [1.29, 1.82) is 0 Å². The van der Waals surface area contributed by atoms with Gasteiger partial charge in [0.2, 0.25) is 0 Å². The number of phenols is 1. The van der Waals surface area contributed by atoms with Gasteiger partial charge in [-0.25, -0.2) is 4.98 Å². The highest BCUT2D eigenvalue weighted by Gasteiger charge is 2.16. The molecule has 0 aliphatic rings. The molecule has 0 spiro atoms. The van der Waals surface area contributed by atoms with E-state index in [-0.39, 0.29) is 5.75 Å². The first kappa shape index (κ1) is 19.3. The quantitative estimate of drug-likeness (QED) is 0.660. The zero-order valence-electron chi connectivity index (χ0n) is 16.6. The molecule has 2 heterocycles. The van der Waals surface area contributed by atoms with Gasteiger partial charge in [0.25, 0.3) is 0 Å². The van der Waals surface area contributed by atoms with Crippen LogP contribution in [0.4, 0.5) is 0 Å². The number of rotatable bonds is 8. The molecule has 2 aromatic heterocycles. The van der Waals surface area contributed by atoms with Crippen molar-refractivity contribution in [2.75, 3.05) is 20.3 Å². The van der Waals surface area contributed by atoms with Crippen LogP contribution in [0.5, 0.6) is 5.75 Å². The molecule has 0 unspecified atom stereocenters. The molecular weight excluding hydrogens is 340 g/mol. The number of hydrogen-bond acceptors (Lipinski definition) is 5. The molecule has 0 amide bonds. The molecule has 0 atom stereocenters. The van der Waals surface area contributed by atoms with Gasteiger partial charge in [-0.3, -0.25) is 9.58 Å². The second-order valence-corrected chi connectivity index (χ2v) is 6.82. The standard InChI is InChI=1S/C21H28N4O2/c1-5-25-16(3)19(15(2)23-25)14-24(11-12-27-4)13-18-10-9-17-7-6-8-20(26)21(17)22-18/h6-10,26H,5,11-14H2,1-4H3. The first-order valence-corrected chi connectivity index (χ1v) is 9.35. The Bertz CT molecular complexity index is 920. The number of ether oxygens (including phenoxy) is 1. The number of fused-ring (bicyclic) bond motifs is 1. The molecule has 6 heteroatoms. The summed E-state index contributed by atoms with van der Waals surface area (Å²) in [4.78, 5) is 6.99. The highest BCUT2D eigenvalue weighted by Crippen LogP contribution is 2.23. The van der Waals surface area contributed by atoms with Crippen molar-refractivity contribution < 1.29 is 9.84 Å². The van der Waals surface area contributed by atoms with Gasteiger partial charge in [-0.2, -0.15) is 5.10 Å². The minimum Gasteiger partial charge on any atom is -0.506 e. The summed E-state index contributed by atoms with van der Waals surface area (Å²) in [7, 11) is 1.72. The number of aryl methyl sites for hydroxylation is 2. The summed E-state index contributed by atoms with van der Waals surface area (Å²) in [5.41, 5.74) is 5.12. The fourth-order valence-electron chi connectivity index (χ4n) is 3.42. The molecule has 3 rings (SSSR count). The summed E-state index contributed by atoms with van der Waals surface area (Å²) in [6.07, 6.45) is 0. The van der Waals surface area contributed by atoms with E-state index in [1.165, 1.54) is 11.3 Å². The summed E-state index contributed by atoms with van der Waals surface area (Å²) in [6.45, 7) is 10.1.